The molecule has 2 fully saturated rings. The molecular formula is C31H40N4O6. The molecule has 2 aromatic rings. The SMILES string of the molecule is O=C(NC(CNC(=O)[C@@H]1CCCN(C(=O)CCC2CCNCC2)C1)C(=O)O)c1cccc(OCc2ccccc2)c1. The first-order valence-electron chi connectivity index (χ1n) is 14.5. The first-order chi connectivity index (χ1) is 19.9. The average molecular weight is 565 g/mol. The molecule has 0 aromatic heterocycles. The summed E-state index contributed by atoms with van der Waals surface area (Å²) in [5.74, 6) is -1.43. The molecule has 1 unspecified atom stereocenters. The Morgan fingerprint density at radius 1 is 1.02 bits per heavy atom. The van der Waals surface area contributed by atoms with Gasteiger partial charge in [-0.15, -0.1) is 0 Å². The van der Waals surface area contributed by atoms with Crippen LogP contribution in [0.25, 0.3) is 0 Å². The smallest absolute Gasteiger partial charge is 0.328 e. The van der Waals surface area contributed by atoms with Crippen molar-refractivity contribution in [3.05, 3.63) is 65.7 Å². The van der Waals surface area contributed by atoms with Crippen LogP contribution in [-0.4, -0.2) is 72.5 Å². The first kappa shape index (κ1) is 30.0. The number of amides is 3. The third-order valence-corrected chi connectivity index (χ3v) is 7.80. The van der Waals surface area contributed by atoms with Gasteiger partial charge in [0.2, 0.25) is 11.8 Å². The first-order valence-corrected chi connectivity index (χ1v) is 14.5. The predicted molar refractivity (Wildman–Crippen MR) is 153 cm³/mol. The highest BCUT2D eigenvalue weighted by molar-refractivity contribution is 5.97. The Morgan fingerprint density at radius 3 is 2.56 bits per heavy atom. The van der Waals surface area contributed by atoms with Crippen LogP contribution in [0.3, 0.4) is 0 Å². The zero-order chi connectivity index (χ0) is 29.0. The molecule has 2 saturated heterocycles. The lowest BCUT2D eigenvalue weighted by atomic mass is 9.92. The van der Waals surface area contributed by atoms with Crippen LogP contribution in [-0.2, 0) is 21.0 Å². The summed E-state index contributed by atoms with van der Waals surface area (Å²) in [7, 11) is 0. The number of carboxylic acid groups (broad SMARTS) is 1. The largest absolute Gasteiger partial charge is 0.489 e. The molecule has 2 heterocycles. The predicted octanol–water partition coefficient (Wildman–Crippen LogP) is 2.58. The molecule has 2 aliphatic heterocycles. The van der Waals surface area contributed by atoms with Crippen LogP contribution in [0.4, 0.5) is 0 Å². The fourth-order valence-electron chi connectivity index (χ4n) is 5.33. The lowest BCUT2D eigenvalue weighted by Crippen LogP contribution is -2.51. The van der Waals surface area contributed by atoms with E-state index in [0.717, 1.165) is 44.3 Å². The van der Waals surface area contributed by atoms with Gasteiger partial charge in [-0.2, -0.15) is 0 Å². The second-order valence-corrected chi connectivity index (χ2v) is 10.8. The topological polar surface area (TPSA) is 137 Å². The molecule has 2 atom stereocenters. The van der Waals surface area contributed by atoms with E-state index in [9.17, 15) is 24.3 Å². The lowest BCUT2D eigenvalue weighted by Gasteiger charge is -2.33. The second kappa shape index (κ2) is 15.2. The Hall–Kier alpha value is -3.92. The third-order valence-electron chi connectivity index (χ3n) is 7.80. The minimum atomic E-state index is -1.31. The minimum absolute atomic E-state index is 0.0756. The van der Waals surface area contributed by atoms with Gasteiger partial charge in [0.05, 0.1) is 5.92 Å². The van der Waals surface area contributed by atoms with Crippen molar-refractivity contribution < 1.29 is 29.0 Å². The summed E-state index contributed by atoms with van der Waals surface area (Å²) in [4.78, 5) is 52.2. The maximum absolute atomic E-state index is 12.9. The number of likely N-dealkylation sites (tertiary alicyclic amines) is 1. The van der Waals surface area contributed by atoms with Gasteiger partial charge in [-0.25, -0.2) is 4.79 Å². The quantitative estimate of drug-likeness (QED) is 0.311. The van der Waals surface area contributed by atoms with E-state index in [4.69, 9.17) is 4.74 Å². The van der Waals surface area contributed by atoms with Crippen LogP contribution in [0.15, 0.2) is 54.6 Å². The van der Waals surface area contributed by atoms with Gasteiger partial charge in [-0.05, 0) is 74.9 Å². The highest BCUT2D eigenvalue weighted by Gasteiger charge is 2.30. The molecule has 3 amide bonds. The molecule has 0 saturated carbocycles. The van der Waals surface area contributed by atoms with Crippen molar-refractivity contribution in [3.8, 4) is 5.75 Å². The average Bonchev–Trinajstić information content (AvgIpc) is 3.01. The number of carbonyl (C=O) groups is 4. The minimum Gasteiger partial charge on any atom is -0.489 e. The van der Waals surface area contributed by atoms with Gasteiger partial charge in [-0.1, -0.05) is 36.4 Å². The van der Waals surface area contributed by atoms with Gasteiger partial charge >= 0.3 is 5.97 Å². The van der Waals surface area contributed by atoms with Crippen LogP contribution in [0, 0.1) is 11.8 Å². The Labute approximate surface area is 240 Å². The summed E-state index contributed by atoms with van der Waals surface area (Å²) >= 11 is 0. The Morgan fingerprint density at radius 2 is 1.80 bits per heavy atom. The maximum atomic E-state index is 12.9. The van der Waals surface area contributed by atoms with Crippen molar-refractivity contribution >= 4 is 23.7 Å². The molecule has 0 spiro atoms. The number of carbonyl (C=O) groups excluding carboxylic acids is 3. The van der Waals surface area contributed by atoms with Crippen molar-refractivity contribution in [1.82, 2.24) is 20.9 Å². The molecule has 4 N–H and O–H groups in total. The van der Waals surface area contributed by atoms with Gasteiger partial charge in [0.25, 0.3) is 5.91 Å². The van der Waals surface area contributed by atoms with E-state index in [0.29, 0.717) is 44.2 Å². The summed E-state index contributed by atoms with van der Waals surface area (Å²) < 4.78 is 5.77. The summed E-state index contributed by atoms with van der Waals surface area (Å²) in [6, 6.07) is 14.8. The third kappa shape index (κ3) is 9.31. The van der Waals surface area contributed by atoms with Gasteiger partial charge in [0.1, 0.15) is 18.4 Å². The van der Waals surface area contributed by atoms with Crippen molar-refractivity contribution in [2.45, 2.75) is 51.2 Å². The van der Waals surface area contributed by atoms with E-state index in [1.165, 1.54) is 0 Å². The number of benzene rings is 2. The van der Waals surface area contributed by atoms with Gasteiger partial charge in [0, 0.05) is 31.6 Å². The van der Waals surface area contributed by atoms with E-state index in [-0.39, 0.29) is 23.9 Å². The standard InChI is InChI=1S/C31H40N4O6/c36-28(12-11-22-13-15-32-16-14-22)35-17-5-9-25(20-35)29(37)33-19-27(31(39)40)34-30(38)24-8-4-10-26(18-24)41-21-23-6-2-1-3-7-23/h1-4,6-8,10,18,22,25,27,32H,5,9,11-17,19-21H2,(H,33,37)(H,34,38)(H,39,40)/t25-,27?/m1/s1. The number of carboxylic acids is 1. The summed E-state index contributed by atoms with van der Waals surface area (Å²) in [5, 5.41) is 18.2. The van der Waals surface area contributed by atoms with E-state index in [1.807, 2.05) is 30.3 Å². The zero-order valence-corrected chi connectivity index (χ0v) is 23.3. The van der Waals surface area contributed by atoms with E-state index >= 15 is 0 Å². The number of hydrogen-bond acceptors (Lipinski definition) is 6. The van der Waals surface area contributed by atoms with Gasteiger partial charge in [-0.3, -0.25) is 14.4 Å². The molecule has 10 heteroatoms. The lowest BCUT2D eigenvalue weighted by molar-refractivity contribution is -0.139. The van der Waals surface area contributed by atoms with Crippen molar-refractivity contribution in [1.29, 1.82) is 0 Å². The summed E-state index contributed by atoms with van der Waals surface area (Å²) in [6.45, 7) is 3.03. The Kier molecular flexibility index (Phi) is 11.1. The van der Waals surface area contributed by atoms with Gasteiger partial charge < -0.3 is 30.7 Å². The highest BCUT2D eigenvalue weighted by atomic mass is 16.5. The highest BCUT2D eigenvalue weighted by Crippen LogP contribution is 2.22. The molecule has 2 aromatic carbocycles. The van der Waals surface area contributed by atoms with E-state index < -0.39 is 23.8 Å². The molecule has 0 radical (unpaired) electrons. The molecule has 2 aliphatic rings. The molecule has 0 bridgehead atoms. The van der Waals surface area contributed by atoms with Gasteiger partial charge in [0.15, 0.2) is 0 Å². The maximum Gasteiger partial charge on any atom is 0.328 e. The number of piperidine rings is 2. The van der Waals surface area contributed by atoms with Crippen LogP contribution >= 0.6 is 0 Å². The second-order valence-electron chi connectivity index (χ2n) is 10.8. The molecule has 10 nitrogen and oxygen atoms in total. The summed E-state index contributed by atoms with van der Waals surface area (Å²) in [6.07, 6.45) is 4.89. The van der Waals surface area contributed by atoms with Crippen molar-refractivity contribution in [3.63, 3.8) is 0 Å². The van der Waals surface area contributed by atoms with E-state index in [2.05, 4.69) is 16.0 Å². The number of aliphatic carboxylic acids is 1. The fraction of sp³-hybridized carbons (Fsp3) is 0.484. The number of ether oxygens (including phenoxy) is 1. The van der Waals surface area contributed by atoms with Crippen LogP contribution in [0.5, 0.6) is 5.75 Å². The number of rotatable bonds is 12. The Bertz CT molecular complexity index is 1180. The van der Waals surface area contributed by atoms with Crippen LogP contribution < -0.4 is 20.7 Å². The summed E-state index contributed by atoms with van der Waals surface area (Å²) in [5.41, 5.74) is 1.23. The molecule has 0 aliphatic carbocycles. The number of nitrogens with zero attached hydrogens (tertiary/aromatic N) is 1. The Balaban J connectivity index is 1.24. The molecule has 220 valence electrons. The normalized spacial score (nSPS) is 18.2. The number of nitrogens with one attached hydrogen (secondary N) is 3. The fourth-order valence-corrected chi connectivity index (χ4v) is 5.33. The molecule has 41 heavy (non-hydrogen) atoms. The van der Waals surface area contributed by atoms with Crippen LogP contribution in [0.2, 0.25) is 0 Å². The van der Waals surface area contributed by atoms with Crippen molar-refractivity contribution in [2.75, 3.05) is 32.7 Å². The monoisotopic (exact) mass is 564 g/mol. The molecular weight excluding hydrogens is 524 g/mol. The number of hydrogen-bond donors (Lipinski definition) is 4. The van der Waals surface area contributed by atoms with Crippen LogP contribution in [0.1, 0.15) is 54.4 Å². The van der Waals surface area contributed by atoms with E-state index in [1.54, 1.807) is 29.2 Å². The van der Waals surface area contributed by atoms with Crippen molar-refractivity contribution in [2.24, 2.45) is 11.8 Å². The molecule has 4 rings (SSSR count). The zero-order valence-electron chi connectivity index (χ0n) is 23.3.